The summed E-state index contributed by atoms with van der Waals surface area (Å²) in [5, 5.41) is 12.1. The van der Waals surface area contributed by atoms with Crippen LogP contribution in [0.25, 0.3) is 0 Å². The van der Waals surface area contributed by atoms with Crippen LogP contribution in [0.1, 0.15) is 23.5 Å². The Bertz CT molecular complexity index is 709. The van der Waals surface area contributed by atoms with E-state index in [2.05, 4.69) is 17.5 Å². The first kappa shape index (κ1) is 16.6. The monoisotopic (exact) mass is 331 g/mol. The smallest absolute Gasteiger partial charge is 0.159 e. The van der Waals surface area contributed by atoms with Crippen molar-refractivity contribution < 1.29 is 5.11 Å². The van der Waals surface area contributed by atoms with Gasteiger partial charge in [0, 0.05) is 33.9 Å². The molecule has 0 aliphatic heterocycles. The minimum atomic E-state index is -1.54. The zero-order valence-electron chi connectivity index (χ0n) is 11.8. The van der Waals surface area contributed by atoms with Gasteiger partial charge in [-0.1, -0.05) is 47.3 Å². The number of aromatic nitrogens is 1. The zero-order valence-corrected chi connectivity index (χ0v) is 13.3. The maximum absolute atomic E-state index is 11.1. The molecule has 0 aliphatic rings. The van der Waals surface area contributed by atoms with Gasteiger partial charge in [-0.25, -0.2) is 0 Å². The lowest BCUT2D eigenvalue weighted by Gasteiger charge is -2.32. The van der Waals surface area contributed by atoms with Gasteiger partial charge in [-0.2, -0.15) is 0 Å². The second-order valence-corrected chi connectivity index (χ2v) is 5.74. The zero-order chi connectivity index (χ0) is 16.2. The lowest BCUT2D eigenvalue weighted by molar-refractivity contribution is 0.0687. The van der Waals surface area contributed by atoms with Crippen molar-refractivity contribution in [2.75, 3.05) is 0 Å². The summed E-state index contributed by atoms with van der Waals surface area (Å²) >= 11 is 12.2. The Morgan fingerprint density at radius 3 is 2.73 bits per heavy atom. The molecular formula is C18H15Cl2NO. The Hall–Kier alpha value is -1.79. The number of aliphatic hydroxyl groups is 1. The Labute approximate surface area is 140 Å². The van der Waals surface area contributed by atoms with Crippen LogP contribution < -0.4 is 0 Å². The predicted octanol–water partition coefficient (Wildman–Crippen LogP) is 4.57. The van der Waals surface area contributed by atoms with Crippen LogP contribution in [0.5, 0.6) is 0 Å². The first-order valence-corrected chi connectivity index (χ1v) is 7.45. The lowest BCUT2D eigenvalue weighted by atomic mass is 9.76. The van der Waals surface area contributed by atoms with Crippen molar-refractivity contribution in [3.8, 4) is 12.3 Å². The van der Waals surface area contributed by atoms with Gasteiger partial charge in [-0.05, 0) is 30.2 Å². The molecule has 0 spiro atoms. The molecule has 1 aromatic carbocycles. The van der Waals surface area contributed by atoms with Crippen LogP contribution in [0.4, 0.5) is 0 Å². The molecule has 1 N–H and O–H groups in total. The summed E-state index contributed by atoms with van der Waals surface area (Å²) < 4.78 is 0. The van der Waals surface area contributed by atoms with Gasteiger partial charge < -0.3 is 5.11 Å². The van der Waals surface area contributed by atoms with Crippen molar-refractivity contribution in [3.05, 3.63) is 76.6 Å². The molecule has 22 heavy (non-hydrogen) atoms. The second kappa shape index (κ2) is 6.98. The van der Waals surface area contributed by atoms with Gasteiger partial charge in [0.05, 0.1) is 0 Å². The molecule has 0 amide bonds. The highest BCUT2D eigenvalue weighted by Gasteiger charge is 2.38. The molecule has 0 bridgehead atoms. The van der Waals surface area contributed by atoms with Crippen LogP contribution in [0.2, 0.25) is 10.0 Å². The fourth-order valence-corrected chi connectivity index (χ4v) is 2.99. The number of halogens is 2. The summed E-state index contributed by atoms with van der Waals surface area (Å²) in [6.07, 6.45) is 11.0. The van der Waals surface area contributed by atoms with Gasteiger partial charge in [0.25, 0.3) is 0 Å². The molecule has 2 atom stereocenters. The van der Waals surface area contributed by atoms with Crippen LogP contribution in [-0.4, -0.2) is 10.1 Å². The predicted molar refractivity (Wildman–Crippen MR) is 91.0 cm³/mol. The third-order valence-corrected chi connectivity index (χ3v) is 4.13. The molecular weight excluding hydrogens is 317 g/mol. The number of hydrogen-bond donors (Lipinski definition) is 1. The van der Waals surface area contributed by atoms with Crippen LogP contribution >= 0.6 is 23.2 Å². The van der Waals surface area contributed by atoms with E-state index in [1.807, 2.05) is 0 Å². The van der Waals surface area contributed by atoms with Crippen molar-refractivity contribution in [1.29, 1.82) is 0 Å². The standard InChI is InChI=1S/C18H15Cl2NO/c1-3-6-16(15-9-8-14(19)11-17(15)20)18(22,4-2)13-7-5-10-21-12-13/h2-3,5,7-12,16,22H,1,6H2. The normalized spacial score (nSPS) is 14.6. The van der Waals surface area contributed by atoms with Gasteiger partial charge in [0.2, 0.25) is 0 Å². The van der Waals surface area contributed by atoms with Gasteiger partial charge in [0.1, 0.15) is 0 Å². The Morgan fingerprint density at radius 1 is 1.41 bits per heavy atom. The third kappa shape index (κ3) is 3.18. The molecule has 0 saturated carbocycles. The van der Waals surface area contributed by atoms with Gasteiger partial charge in [-0.15, -0.1) is 13.0 Å². The number of nitrogens with zero attached hydrogens (tertiary/aromatic N) is 1. The van der Waals surface area contributed by atoms with E-state index in [0.717, 1.165) is 5.56 Å². The van der Waals surface area contributed by atoms with Crippen molar-refractivity contribution in [2.45, 2.75) is 17.9 Å². The molecule has 0 saturated heterocycles. The summed E-state index contributed by atoms with van der Waals surface area (Å²) in [5.41, 5.74) is -0.287. The minimum Gasteiger partial charge on any atom is -0.373 e. The average molecular weight is 332 g/mol. The number of rotatable bonds is 5. The highest BCUT2D eigenvalue weighted by atomic mass is 35.5. The second-order valence-electron chi connectivity index (χ2n) is 4.90. The van der Waals surface area contributed by atoms with Crippen LogP contribution in [0, 0.1) is 12.3 Å². The highest BCUT2D eigenvalue weighted by molar-refractivity contribution is 6.35. The van der Waals surface area contributed by atoms with Crippen LogP contribution in [0.3, 0.4) is 0 Å². The topological polar surface area (TPSA) is 33.1 Å². The molecule has 2 unspecified atom stereocenters. The SMILES string of the molecule is C#CC(O)(c1cccnc1)C(CC=C)c1ccc(Cl)cc1Cl. The molecule has 112 valence electrons. The summed E-state index contributed by atoms with van der Waals surface area (Å²) in [4.78, 5) is 4.04. The number of pyridine rings is 1. The fourth-order valence-electron chi connectivity index (χ4n) is 2.45. The molecule has 2 rings (SSSR count). The van der Waals surface area contributed by atoms with Crippen molar-refractivity contribution in [2.24, 2.45) is 0 Å². The summed E-state index contributed by atoms with van der Waals surface area (Å²) in [5.74, 6) is 2.04. The van der Waals surface area contributed by atoms with E-state index in [4.69, 9.17) is 29.6 Å². The van der Waals surface area contributed by atoms with Gasteiger partial charge in [0.15, 0.2) is 5.60 Å². The molecule has 4 heteroatoms. The number of allylic oxidation sites excluding steroid dienone is 1. The minimum absolute atomic E-state index is 0.455. The maximum Gasteiger partial charge on any atom is 0.159 e. The van der Waals surface area contributed by atoms with Crippen LogP contribution in [-0.2, 0) is 5.60 Å². The van der Waals surface area contributed by atoms with E-state index in [9.17, 15) is 5.11 Å². The lowest BCUT2D eigenvalue weighted by Crippen LogP contribution is -2.32. The molecule has 0 aliphatic carbocycles. The largest absolute Gasteiger partial charge is 0.373 e. The van der Waals surface area contributed by atoms with Crippen molar-refractivity contribution >= 4 is 23.2 Å². The van der Waals surface area contributed by atoms with E-state index in [0.29, 0.717) is 22.0 Å². The Balaban J connectivity index is 2.59. The first-order chi connectivity index (χ1) is 10.5. The first-order valence-electron chi connectivity index (χ1n) is 6.69. The fraction of sp³-hybridized carbons (Fsp3) is 0.167. The molecule has 2 nitrogen and oxygen atoms in total. The number of benzene rings is 1. The molecule has 1 aromatic heterocycles. The third-order valence-electron chi connectivity index (χ3n) is 3.57. The number of hydrogen-bond acceptors (Lipinski definition) is 2. The average Bonchev–Trinajstić information content (AvgIpc) is 2.53. The quantitative estimate of drug-likeness (QED) is 0.643. The summed E-state index contributed by atoms with van der Waals surface area (Å²) in [6, 6.07) is 8.60. The van der Waals surface area contributed by atoms with Crippen molar-refractivity contribution in [3.63, 3.8) is 0 Å². The highest BCUT2D eigenvalue weighted by Crippen LogP contribution is 2.42. The molecule has 0 radical (unpaired) electrons. The van der Waals surface area contributed by atoms with Crippen LogP contribution in [0.15, 0.2) is 55.4 Å². The van der Waals surface area contributed by atoms with Gasteiger partial charge >= 0.3 is 0 Å². The molecule has 1 heterocycles. The van der Waals surface area contributed by atoms with Crippen molar-refractivity contribution in [1.82, 2.24) is 4.98 Å². The summed E-state index contributed by atoms with van der Waals surface area (Å²) in [7, 11) is 0. The van der Waals surface area contributed by atoms with E-state index in [-0.39, 0.29) is 0 Å². The van der Waals surface area contributed by atoms with Gasteiger partial charge in [-0.3, -0.25) is 4.98 Å². The maximum atomic E-state index is 11.1. The van der Waals surface area contributed by atoms with E-state index in [1.165, 1.54) is 0 Å². The van der Waals surface area contributed by atoms with E-state index in [1.54, 1.807) is 48.8 Å². The van der Waals surface area contributed by atoms with E-state index >= 15 is 0 Å². The molecule has 0 fully saturated rings. The van der Waals surface area contributed by atoms with E-state index < -0.39 is 11.5 Å². The number of terminal acetylenes is 1. The summed E-state index contributed by atoms with van der Waals surface area (Å²) in [6.45, 7) is 3.75. The Morgan fingerprint density at radius 2 is 2.18 bits per heavy atom. The Kier molecular flexibility index (Phi) is 5.26. The molecule has 2 aromatic rings.